The molecule has 4 nitrogen and oxygen atoms in total. The fourth-order valence-corrected chi connectivity index (χ4v) is 4.26. The van der Waals surface area contributed by atoms with Crippen LogP contribution in [0.3, 0.4) is 0 Å². The summed E-state index contributed by atoms with van der Waals surface area (Å²) in [6.07, 6.45) is 1.75. The first kappa shape index (κ1) is 17.9. The summed E-state index contributed by atoms with van der Waals surface area (Å²) in [4.78, 5) is 14.3. The van der Waals surface area contributed by atoms with Crippen LogP contribution in [0.2, 0.25) is 0 Å². The summed E-state index contributed by atoms with van der Waals surface area (Å²) in [5, 5.41) is 3.18. The number of amides is 1. The van der Waals surface area contributed by atoms with Gasteiger partial charge in [-0.15, -0.1) is 0 Å². The van der Waals surface area contributed by atoms with E-state index in [9.17, 15) is 13.6 Å². The van der Waals surface area contributed by atoms with Crippen molar-refractivity contribution in [1.29, 1.82) is 0 Å². The van der Waals surface area contributed by atoms with E-state index in [-0.39, 0.29) is 18.0 Å². The van der Waals surface area contributed by atoms with Gasteiger partial charge in [-0.1, -0.05) is 12.1 Å². The van der Waals surface area contributed by atoms with Crippen molar-refractivity contribution in [3.8, 4) is 5.75 Å². The van der Waals surface area contributed by atoms with Crippen molar-refractivity contribution in [3.05, 3.63) is 64.7 Å². The Labute approximate surface area is 157 Å². The van der Waals surface area contributed by atoms with Crippen molar-refractivity contribution < 1.29 is 18.3 Å². The maximum atomic E-state index is 13.9. The Balaban J connectivity index is 1.54. The molecule has 0 atom stereocenters. The first-order chi connectivity index (χ1) is 13.0. The quantitative estimate of drug-likeness (QED) is 0.900. The van der Waals surface area contributed by atoms with Gasteiger partial charge in [0, 0.05) is 25.2 Å². The summed E-state index contributed by atoms with van der Waals surface area (Å²) >= 11 is 0. The Hall–Kier alpha value is -2.47. The van der Waals surface area contributed by atoms with E-state index in [4.69, 9.17) is 4.74 Å². The zero-order chi connectivity index (χ0) is 19.0. The average molecular weight is 372 g/mol. The highest BCUT2D eigenvalue weighted by Crippen LogP contribution is 2.39. The Bertz CT molecular complexity index is 856. The van der Waals surface area contributed by atoms with Gasteiger partial charge >= 0.3 is 0 Å². The van der Waals surface area contributed by atoms with Crippen molar-refractivity contribution in [2.45, 2.75) is 31.3 Å². The molecule has 27 heavy (non-hydrogen) atoms. The number of nitrogens with zero attached hydrogens (tertiary/aromatic N) is 1. The molecule has 1 spiro atoms. The number of benzene rings is 2. The number of piperidine rings is 1. The van der Waals surface area contributed by atoms with Crippen LogP contribution >= 0.6 is 0 Å². The van der Waals surface area contributed by atoms with Crippen LogP contribution in [-0.4, -0.2) is 31.0 Å². The molecule has 2 aromatic carbocycles. The number of halogens is 2. The number of carbonyl (C=O) groups is 1. The standard InChI is InChI=1S/C21H22F2N2O2/c1-27-15-5-6-17-14(11-15)12-20(26)24-21(17)7-9-25(10-8-21)13-16-18(22)3-2-4-19(16)23/h2-6,11H,7-10,12-13H2,1H3,(H,24,26). The smallest absolute Gasteiger partial charge is 0.225 e. The minimum Gasteiger partial charge on any atom is -0.497 e. The van der Waals surface area contributed by atoms with Crippen molar-refractivity contribution in [2.24, 2.45) is 0 Å². The number of fused-ring (bicyclic) bond motifs is 2. The second-order valence-electron chi connectivity index (χ2n) is 7.31. The zero-order valence-corrected chi connectivity index (χ0v) is 15.2. The van der Waals surface area contributed by atoms with Crippen molar-refractivity contribution in [2.75, 3.05) is 20.2 Å². The van der Waals surface area contributed by atoms with Crippen LogP contribution in [0.4, 0.5) is 8.78 Å². The molecule has 1 saturated heterocycles. The van der Waals surface area contributed by atoms with Gasteiger partial charge in [-0.05, 0) is 48.2 Å². The minimum absolute atomic E-state index is 0.00403. The Morgan fingerprint density at radius 2 is 1.85 bits per heavy atom. The number of nitrogens with one attached hydrogen (secondary N) is 1. The molecule has 0 aromatic heterocycles. The van der Waals surface area contributed by atoms with Crippen LogP contribution in [0.1, 0.15) is 29.5 Å². The fourth-order valence-electron chi connectivity index (χ4n) is 4.26. The van der Waals surface area contributed by atoms with E-state index in [0.717, 1.165) is 16.9 Å². The number of ether oxygens (including phenoxy) is 1. The highest BCUT2D eigenvalue weighted by atomic mass is 19.1. The van der Waals surface area contributed by atoms with E-state index >= 15 is 0 Å². The van der Waals surface area contributed by atoms with Crippen molar-refractivity contribution in [1.82, 2.24) is 10.2 Å². The third-order valence-corrected chi connectivity index (χ3v) is 5.71. The minimum atomic E-state index is -0.515. The van der Waals surface area contributed by atoms with E-state index in [2.05, 4.69) is 5.32 Å². The monoisotopic (exact) mass is 372 g/mol. The fraction of sp³-hybridized carbons (Fsp3) is 0.381. The second-order valence-corrected chi connectivity index (χ2v) is 7.31. The average Bonchev–Trinajstić information content (AvgIpc) is 2.66. The molecule has 0 unspecified atom stereocenters. The van der Waals surface area contributed by atoms with Gasteiger partial charge in [0.2, 0.25) is 5.91 Å². The first-order valence-electron chi connectivity index (χ1n) is 9.14. The van der Waals surface area contributed by atoms with Gasteiger partial charge in [0.05, 0.1) is 19.1 Å². The molecule has 1 N–H and O–H groups in total. The van der Waals surface area contributed by atoms with Crippen LogP contribution in [-0.2, 0) is 23.3 Å². The largest absolute Gasteiger partial charge is 0.497 e. The maximum absolute atomic E-state index is 13.9. The molecule has 2 aliphatic rings. The highest BCUT2D eigenvalue weighted by molar-refractivity contribution is 5.82. The molecule has 2 aromatic rings. The number of carbonyl (C=O) groups excluding carboxylic acids is 1. The van der Waals surface area contributed by atoms with E-state index in [0.29, 0.717) is 32.4 Å². The van der Waals surface area contributed by atoms with Crippen LogP contribution in [0.25, 0.3) is 0 Å². The third-order valence-electron chi connectivity index (χ3n) is 5.71. The predicted octanol–water partition coefficient (Wildman–Crippen LogP) is 3.14. The molecule has 4 rings (SSSR count). The molecule has 2 aliphatic heterocycles. The molecule has 1 amide bonds. The van der Waals surface area contributed by atoms with Gasteiger partial charge < -0.3 is 10.1 Å². The van der Waals surface area contributed by atoms with Gasteiger partial charge in [-0.3, -0.25) is 9.69 Å². The number of hydrogen-bond donors (Lipinski definition) is 1. The van der Waals surface area contributed by atoms with Crippen LogP contribution in [0.5, 0.6) is 5.75 Å². The van der Waals surface area contributed by atoms with E-state index in [1.165, 1.54) is 18.2 Å². The van der Waals surface area contributed by atoms with Crippen LogP contribution in [0, 0.1) is 11.6 Å². The molecular weight excluding hydrogens is 350 g/mol. The lowest BCUT2D eigenvalue weighted by atomic mass is 9.75. The normalized spacial score (nSPS) is 18.9. The van der Waals surface area contributed by atoms with Gasteiger partial charge in [0.25, 0.3) is 0 Å². The van der Waals surface area contributed by atoms with Crippen LogP contribution in [0.15, 0.2) is 36.4 Å². The molecule has 1 fully saturated rings. The number of methoxy groups -OCH3 is 1. The van der Waals surface area contributed by atoms with Gasteiger partial charge in [0.1, 0.15) is 17.4 Å². The topological polar surface area (TPSA) is 41.6 Å². The Morgan fingerprint density at radius 1 is 1.15 bits per heavy atom. The summed E-state index contributed by atoms with van der Waals surface area (Å²) in [5.74, 6) is -0.284. The Morgan fingerprint density at radius 3 is 2.52 bits per heavy atom. The van der Waals surface area contributed by atoms with E-state index in [1.807, 2.05) is 23.1 Å². The maximum Gasteiger partial charge on any atom is 0.225 e. The molecule has 0 saturated carbocycles. The van der Waals surface area contributed by atoms with E-state index in [1.54, 1.807) is 7.11 Å². The van der Waals surface area contributed by atoms with Gasteiger partial charge in [0.15, 0.2) is 0 Å². The lowest BCUT2D eigenvalue weighted by Crippen LogP contribution is -2.56. The van der Waals surface area contributed by atoms with E-state index < -0.39 is 17.2 Å². The SMILES string of the molecule is COc1ccc2c(c1)CC(=O)NC21CCN(Cc2c(F)cccc2F)CC1. The number of hydrogen-bond acceptors (Lipinski definition) is 3. The third kappa shape index (κ3) is 3.30. The first-order valence-corrected chi connectivity index (χ1v) is 9.14. The number of likely N-dealkylation sites (tertiary alicyclic amines) is 1. The van der Waals surface area contributed by atoms with Crippen LogP contribution < -0.4 is 10.1 Å². The lowest BCUT2D eigenvalue weighted by molar-refractivity contribution is -0.124. The van der Waals surface area contributed by atoms with Crippen molar-refractivity contribution in [3.63, 3.8) is 0 Å². The molecular formula is C21H22F2N2O2. The summed E-state index contributed by atoms with van der Waals surface area (Å²) in [7, 11) is 1.61. The molecule has 0 aliphatic carbocycles. The number of rotatable bonds is 3. The predicted molar refractivity (Wildman–Crippen MR) is 97.4 cm³/mol. The summed E-state index contributed by atoms with van der Waals surface area (Å²) in [6.45, 7) is 1.54. The molecule has 142 valence electrons. The van der Waals surface area contributed by atoms with Gasteiger partial charge in [-0.25, -0.2) is 8.78 Å². The lowest BCUT2D eigenvalue weighted by Gasteiger charge is -2.45. The molecule has 0 bridgehead atoms. The molecule has 0 radical (unpaired) electrons. The summed E-state index contributed by atoms with van der Waals surface area (Å²) in [5.41, 5.74) is 1.80. The van der Waals surface area contributed by atoms with Crippen molar-refractivity contribution >= 4 is 5.91 Å². The second kappa shape index (κ2) is 6.93. The molecule has 6 heteroatoms. The molecule has 2 heterocycles. The highest BCUT2D eigenvalue weighted by Gasteiger charge is 2.42. The summed E-state index contributed by atoms with van der Waals surface area (Å²) < 4.78 is 33.2. The summed E-state index contributed by atoms with van der Waals surface area (Å²) in [6, 6.07) is 9.82. The Kier molecular flexibility index (Phi) is 4.60. The van der Waals surface area contributed by atoms with Gasteiger partial charge in [-0.2, -0.15) is 0 Å². The zero-order valence-electron chi connectivity index (χ0n) is 15.2.